The molecule has 3 heterocycles. The first-order chi connectivity index (χ1) is 32.6. The number of hydrogen-bond acceptors (Lipinski definition) is 4. The summed E-state index contributed by atoms with van der Waals surface area (Å²) < 4.78 is 7.67. The van der Waals surface area contributed by atoms with E-state index in [1.807, 2.05) is 22.7 Å². The third-order valence-electron chi connectivity index (χ3n) is 12.9. The van der Waals surface area contributed by atoms with Crippen LogP contribution in [0.5, 0.6) is 0 Å². The minimum absolute atomic E-state index is 1.09. The van der Waals surface area contributed by atoms with Gasteiger partial charge >= 0.3 is 0 Å². The largest absolute Gasteiger partial charge is 0.310 e. The maximum Gasteiger partial charge on any atom is 0.0547 e. The summed E-state index contributed by atoms with van der Waals surface area (Å²) in [5.41, 5.74) is 13.7. The van der Waals surface area contributed by atoms with E-state index in [0.29, 0.717) is 0 Å². The summed E-state index contributed by atoms with van der Waals surface area (Å²) in [6.45, 7) is 2.21. The minimum Gasteiger partial charge on any atom is -0.310 e. The lowest BCUT2D eigenvalue weighted by Gasteiger charge is -2.30. The molecule has 0 spiro atoms. The van der Waals surface area contributed by atoms with Crippen molar-refractivity contribution in [3.8, 4) is 16.8 Å². The normalized spacial score (nSPS) is 11.7. The second-order valence-corrected chi connectivity index (χ2v) is 19.2. The van der Waals surface area contributed by atoms with Crippen molar-refractivity contribution in [2.24, 2.45) is 0 Å². The van der Waals surface area contributed by atoms with E-state index in [2.05, 4.69) is 252 Å². The second kappa shape index (κ2) is 15.6. The van der Waals surface area contributed by atoms with Gasteiger partial charge in [0.25, 0.3) is 0 Å². The first-order valence-corrected chi connectivity index (χ1v) is 24.0. The topological polar surface area (TPSA) is 11.4 Å². The van der Waals surface area contributed by atoms with E-state index >= 15 is 0 Å². The van der Waals surface area contributed by atoms with Gasteiger partial charge in [-0.2, -0.15) is 0 Å². The summed E-state index contributed by atoms with van der Waals surface area (Å²) in [6.07, 6.45) is 0. The first-order valence-electron chi connectivity index (χ1n) is 22.4. The highest BCUT2D eigenvalue weighted by Crippen LogP contribution is 2.45. The van der Waals surface area contributed by atoms with Gasteiger partial charge in [-0.15, -0.1) is 22.7 Å². The predicted octanol–water partition coefficient (Wildman–Crippen LogP) is 18.4. The van der Waals surface area contributed by atoms with Gasteiger partial charge in [-0.25, -0.2) is 0 Å². The van der Waals surface area contributed by atoms with Gasteiger partial charge in [0.05, 0.1) is 11.0 Å². The van der Waals surface area contributed by atoms with Gasteiger partial charge in [0.2, 0.25) is 0 Å². The van der Waals surface area contributed by atoms with Crippen LogP contribution in [-0.2, 0) is 0 Å². The van der Waals surface area contributed by atoms with Crippen LogP contribution in [0.2, 0.25) is 0 Å². The van der Waals surface area contributed by atoms with Crippen molar-refractivity contribution in [2.75, 3.05) is 9.80 Å². The molecule has 312 valence electrons. The van der Waals surface area contributed by atoms with E-state index in [4.69, 9.17) is 0 Å². The Morgan fingerprint density at radius 2 is 0.818 bits per heavy atom. The Balaban J connectivity index is 0.992. The molecular formula is C61H41N3S2. The molecule has 0 bridgehead atoms. The van der Waals surface area contributed by atoms with Crippen LogP contribution in [-0.4, -0.2) is 4.57 Å². The molecule has 0 aliphatic rings. The van der Waals surface area contributed by atoms with Crippen LogP contribution in [0.1, 0.15) is 5.56 Å². The molecule has 0 atom stereocenters. The van der Waals surface area contributed by atoms with Gasteiger partial charge in [-0.05, 0) is 139 Å². The molecule has 0 fully saturated rings. The molecule has 66 heavy (non-hydrogen) atoms. The van der Waals surface area contributed by atoms with Crippen LogP contribution < -0.4 is 9.80 Å². The van der Waals surface area contributed by atoms with Gasteiger partial charge in [-0.1, -0.05) is 115 Å². The van der Waals surface area contributed by atoms with Gasteiger partial charge in [0.1, 0.15) is 0 Å². The van der Waals surface area contributed by atoms with Crippen molar-refractivity contribution in [3.63, 3.8) is 0 Å². The van der Waals surface area contributed by atoms with Crippen LogP contribution in [0.25, 0.3) is 79.0 Å². The highest BCUT2D eigenvalue weighted by Gasteiger charge is 2.21. The quantitative estimate of drug-likeness (QED) is 0.151. The van der Waals surface area contributed by atoms with E-state index in [1.165, 1.54) is 79.0 Å². The summed E-state index contributed by atoms with van der Waals surface area (Å²) >= 11 is 3.72. The second-order valence-electron chi connectivity index (χ2n) is 17.1. The molecule has 0 N–H and O–H groups in total. The number of aromatic nitrogens is 1. The average molecular weight is 880 g/mol. The van der Waals surface area contributed by atoms with Crippen molar-refractivity contribution in [3.05, 3.63) is 236 Å². The maximum absolute atomic E-state index is 2.45. The van der Waals surface area contributed by atoms with Crippen LogP contribution in [0.15, 0.2) is 231 Å². The van der Waals surface area contributed by atoms with Crippen molar-refractivity contribution in [1.29, 1.82) is 0 Å². The van der Waals surface area contributed by atoms with Crippen LogP contribution in [0.3, 0.4) is 0 Å². The summed E-state index contributed by atoms with van der Waals surface area (Å²) in [6, 6.07) is 84.6. The molecule has 0 aliphatic heterocycles. The number of nitrogens with zero attached hydrogens (tertiary/aromatic N) is 3. The molecule has 3 nitrogen and oxygen atoms in total. The fourth-order valence-corrected chi connectivity index (χ4v) is 12.2. The van der Waals surface area contributed by atoms with Gasteiger partial charge in [0, 0.05) is 90.9 Å². The fraction of sp³-hybridized carbons (Fsp3) is 0.0164. The zero-order valence-corrected chi connectivity index (χ0v) is 37.7. The number of hydrogen-bond donors (Lipinski definition) is 0. The molecule has 0 saturated heterocycles. The summed E-state index contributed by atoms with van der Waals surface area (Å²) in [7, 11) is 0. The van der Waals surface area contributed by atoms with E-state index in [9.17, 15) is 0 Å². The van der Waals surface area contributed by atoms with Gasteiger partial charge in [-0.3, -0.25) is 0 Å². The van der Waals surface area contributed by atoms with Crippen LogP contribution in [0, 0.1) is 6.92 Å². The molecule has 0 unspecified atom stereocenters. The van der Waals surface area contributed by atoms with Crippen molar-refractivity contribution >= 4 is 119 Å². The van der Waals surface area contributed by atoms with E-state index in [0.717, 1.165) is 39.7 Å². The number of rotatable bonds is 8. The Hall–Kier alpha value is -7.96. The van der Waals surface area contributed by atoms with Gasteiger partial charge in [0.15, 0.2) is 0 Å². The third-order valence-corrected chi connectivity index (χ3v) is 15.2. The zero-order chi connectivity index (χ0) is 43.7. The molecule has 0 saturated carbocycles. The Labute approximate surface area is 390 Å². The number of aryl methyl sites for hydroxylation is 1. The molecule has 13 rings (SSSR count). The third kappa shape index (κ3) is 6.47. The monoisotopic (exact) mass is 879 g/mol. The molecular weight excluding hydrogens is 839 g/mol. The molecule has 0 radical (unpaired) electrons. The predicted molar refractivity (Wildman–Crippen MR) is 286 cm³/mol. The number of thiophene rings is 2. The SMILES string of the molecule is Cc1cc(N(c2ccccc2)c2ccccc2)cc(N(c2cccc(-c3ccc4c5ccccc5n(-c5ccc6sc7ccccc7c6c5)c4c3)c2)c2ccc3sc4ccccc4c3c2)c1. The fourth-order valence-electron chi connectivity index (χ4n) is 10.0. The molecule has 0 amide bonds. The summed E-state index contributed by atoms with van der Waals surface area (Å²) in [5, 5.41) is 7.65. The van der Waals surface area contributed by atoms with Crippen molar-refractivity contribution in [2.45, 2.75) is 6.92 Å². The Morgan fingerprint density at radius 3 is 1.52 bits per heavy atom. The minimum atomic E-state index is 1.09. The number of fused-ring (bicyclic) bond motifs is 9. The summed E-state index contributed by atoms with van der Waals surface area (Å²) in [4.78, 5) is 4.80. The molecule has 13 aromatic rings. The molecule has 10 aromatic carbocycles. The molecule has 3 aromatic heterocycles. The van der Waals surface area contributed by atoms with E-state index < -0.39 is 0 Å². The Bertz CT molecular complexity index is 3930. The summed E-state index contributed by atoms with van der Waals surface area (Å²) in [5.74, 6) is 0. The average Bonchev–Trinajstić information content (AvgIpc) is 4.04. The lowest BCUT2D eigenvalue weighted by atomic mass is 10.0. The lowest BCUT2D eigenvalue weighted by molar-refractivity contribution is 1.19. The first kappa shape index (κ1) is 38.5. The number of benzene rings is 10. The van der Waals surface area contributed by atoms with Crippen molar-refractivity contribution < 1.29 is 0 Å². The number of anilines is 6. The number of para-hydroxylation sites is 3. The van der Waals surface area contributed by atoms with E-state index in [-0.39, 0.29) is 0 Å². The standard InChI is InChI=1S/C61H41N3S2/c1-40-33-48(62(43-16-4-2-5-17-43)44-18-6-3-7-19-44)37-49(34-40)63(46-28-31-60-54(38-46)52-22-9-12-25-58(52)65-60)45-20-14-15-41(35-45)42-27-30-51-50-21-8-11-24-56(50)64(57(51)36-42)47-29-32-61-55(39-47)53-23-10-13-26-59(53)66-61/h2-39H,1H3. The zero-order valence-electron chi connectivity index (χ0n) is 36.1. The lowest BCUT2D eigenvalue weighted by Crippen LogP contribution is -2.13. The highest BCUT2D eigenvalue weighted by molar-refractivity contribution is 7.26. The van der Waals surface area contributed by atoms with Crippen molar-refractivity contribution in [1.82, 2.24) is 4.57 Å². The van der Waals surface area contributed by atoms with E-state index in [1.54, 1.807) is 0 Å². The van der Waals surface area contributed by atoms with Crippen LogP contribution >= 0.6 is 22.7 Å². The van der Waals surface area contributed by atoms with Crippen LogP contribution in [0.4, 0.5) is 34.1 Å². The Kier molecular flexibility index (Phi) is 9.12. The molecule has 0 aliphatic carbocycles. The maximum atomic E-state index is 2.45. The smallest absolute Gasteiger partial charge is 0.0547 e. The highest BCUT2D eigenvalue weighted by atomic mass is 32.1. The molecule has 5 heteroatoms. The van der Waals surface area contributed by atoms with Gasteiger partial charge < -0.3 is 14.4 Å². The Morgan fingerprint density at radius 1 is 0.303 bits per heavy atom.